The zero-order chi connectivity index (χ0) is 13.9. The SMILES string of the molecule is COc1ncc(C(NN)C2CCCc3sccc32)cn1. The Balaban J connectivity index is 1.90. The van der Waals surface area contributed by atoms with Crippen LogP contribution >= 0.6 is 11.3 Å². The van der Waals surface area contributed by atoms with Crippen LogP contribution in [-0.2, 0) is 6.42 Å². The maximum Gasteiger partial charge on any atom is 0.316 e. The monoisotopic (exact) mass is 290 g/mol. The van der Waals surface area contributed by atoms with Crippen molar-refractivity contribution in [1.29, 1.82) is 0 Å². The molecule has 20 heavy (non-hydrogen) atoms. The van der Waals surface area contributed by atoms with Gasteiger partial charge in [-0.05, 0) is 36.3 Å². The van der Waals surface area contributed by atoms with Gasteiger partial charge in [0.25, 0.3) is 0 Å². The lowest BCUT2D eigenvalue weighted by Gasteiger charge is -2.30. The quantitative estimate of drug-likeness (QED) is 0.667. The van der Waals surface area contributed by atoms with E-state index in [0.29, 0.717) is 11.9 Å². The van der Waals surface area contributed by atoms with E-state index < -0.39 is 0 Å². The highest BCUT2D eigenvalue weighted by Gasteiger charge is 2.29. The fourth-order valence-corrected chi connectivity index (χ4v) is 3.90. The van der Waals surface area contributed by atoms with Crippen LogP contribution in [0.3, 0.4) is 0 Å². The third-order valence-corrected chi connectivity index (χ3v) is 4.87. The van der Waals surface area contributed by atoms with E-state index in [4.69, 9.17) is 10.6 Å². The number of nitrogens with two attached hydrogens (primary N) is 1. The molecule has 0 saturated heterocycles. The van der Waals surface area contributed by atoms with Crippen molar-refractivity contribution in [3.8, 4) is 6.01 Å². The van der Waals surface area contributed by atoms with Crippen LogP contribution in [0, 0.1) is 0 Å². The van der Waals surface area contributed by atoms with Crippen LogP contribution in [0.5, 0.6) is 6.01 Å². The van der Waals surface area contributed by atoms with E-state index in [1.165, 1.54) is 23.3 Å². The second-order valence-electron chi connectivity index (χ2n) is 4.95. The first-order chi connectivity index (χ1) is 9.83. The first-order valence-electron chi connectivity index (χ1n) is 6.72. The minimum atomic E-state index is 0.0366. The summed E-state index contributed by atoms with van der Waals surface area (Å²) in [5.74, 6) is 6.18. The minimum absolute atomic E-state index is 0.0366. The molecule has 5 nitrogen and oxygen atoms in total. The van der Waals surface area contributed by atoms with E-state index in [0.717, 1.165) is 12.0 Å². The van der Waals surface area contributed by atoms with Gasteiger partial charge in [0.1, 0.15) is 0 Å². The maximum atomic E-state index is 5.80. The predicted octanol–water partition coefficient (Wildman–Crippen LogP) is 2.17. The molecule has 1 aliphatic rings. The molecule has 106 valence electrons. The van der Waals surface area contributed by atoms with Crippen molar-refractivity contribution in [3.63, 3.8) is 0 Å². The second kappa shape index (κ2) is 5.87. The molecule has 6 heteroatoms. The number of fused-ring (bicyclic) bond motifs is 1. The largest absolute Gasteiger partial charge is 0.467 e. The Morgan fingerprint density at radius 2 is 2.25 bits per heavy atom. The summed E-state index contributed by atoms with van der Waals surface area (Å²) in [5.41, 5.74) is 5.35. The Morgan fingerprint density at radius 1 is 1.45 bits per heavy atom. The van der Waals surface area contributed by atoms with Gasteiger partial charge in [-0.15, -0.1) is 11.3 Å². The van der Waals surface area contributed by atoms with Gasteiger partial charge >= 0.3 is 6.01 Å². The molecule has 2 aromatic heterocycles. The molecule has 2 heterocycles. The highest BCUT2D eigenvalue weighted by molar-refractivity contribution is 7.10. The average molecular weight is 290 g/mol. The summed E-state index contributed by atoms with van der Waals surface area (Å²) < 4.78 is 5.00. The van der Waals surface area contributed by atoms with Gasteiger partial charge in [-0.25, -0.2) is 9.97 Å². The van der Waals surface area contributed by atoms with Crippen LogP contribution in [0.25, 0.3) is 0 Å². The fraction of sp³-hybridized carbons (Fsp3) is 0.429. The summed E-state index contributed by atoms with van der Waals surface area (Å²) in [6.07, 6.45) is 7.09. The Bertz CT molecular complexity index is 569. The lowest BCUT2D eigenvalue weighted by atomic mass is 9.81. The number of hydrogen-bond acceptors (Lipinski definition) is 6. The average Bonchev–Trinajstić information content (AvgIpc) is 2.98. The molecule has 0 aliphatic heterocycles. The smallest absolute Gasteiger partial charge is 0.316 e. The number of thiophene rings is 1. The number of nitrogens with zero attached hydrogens (tertiary/aromatic N) is 2. The van der Waals surface area contributed by atoms with Gasteiger partial charge in [0.2, 0.25) is 0 Å². The van der Waals surface area contributed by atoms with Crippen molar-refractivity contribution in [2.45, 2.75) is 31.2 Å². The van der Waals surface area contributed by atoms with Crippen LogP contribution in [-0.4, -0.2) is 17.1 Å². The number of aryl methyl sites for hydroxylation is 1. The minimum Gasteiger partial charge on any atom is -0.467 e. The molecule has 2 atom stereocenters. The van der Waals surface area contributed by atoms with Gasteiger partial charge in [-0.2, -0.15) is 0 Å². The molecule has 0 aromatic carbocycles. The fourth-order valence-electron chi connectivity index (χ4n) is 2.91. The third-order valence-electron chi connectivity index (χ3n) is 3.87. The molecular weight excluding hydrogens is 272 g/mol. The molecule has 0 radical (unpaired) electrons. The van der Waals surface area contributed by atoms with Crippen LogP contribution < -0.4 is 16.0 Å². The number of rotatable bonds is 4. The number of methoxy groups -OCH3 is 1. The standard InChI is InChI=1S/C14H18N4OS/c1-19-14-16-7-9(8-17-14)13(18-15)11-3-2-4-12-10(11)5-6-20-12/h5-8,11,13,18H,2-4,15H2,1H3. The van der Waals surface area contributed by atoms with Crippen LogP contribution in [0.15, 0.2) is 23.8 Å². The van der Waals surface area contributed by atoms with Crippen molar-refractivity contribution in [2.24, 2.45) is 5.84 Å². The normalized spacial score (nSPS) is 19.4. The van der Waals surface area contributed by atoms with Gasteiger partial charge in [-0.3, -0.25) is 11.3 Å². The van der Waals surface area contributed by atoms with E-state index in [1.807, 2.05) is 11.3 Å². The molecule has 2 unspecified atom stereocenters. The zero-order valence-corrected chi connectivity index (χ0v) is 12.2. The predicted molar refractivity (Wildman–Crippen MR) is 78.6 cm³/mol. The second-order valence-corrected chi connectivity index (χ2v) is 5.95. The summed E-state index contributed by atoms with van der Waals surface area (Å²) in [4.78, 5) is 9.84. The third kappa shape index (κ3) is 2.42. The Labute approximate surface area is 122 Å². The summed E-state index contributed by atoms with van der Waals surface area (Å²) >= 11 is 1.84. The first-order valence-corrected chi connectivity index (χ1v) is 7.59. The summed E-state index contributed by atoms with van der Waals surface area (Å²) in [6.45, 7) is 0. The van der Waals surface area contributed by atoms with E-state index in [9.17, 15) is 0 Å². The molecule has 0 saturated carbocycles. The van der Waals surface area contributed by atoms with Crippen molar-refractivity contribution in [3.05, 3.63) is 39.8 Å². The van der Waals surface area contributed by atoms with Gasteiger partial charge in [0.15, 0.2) is 0 Å². The van der Waals surface area contributed by atoms with E-state index in [2.05, 4.69) is 26.8 Å². The van der Waals surface area contributed by atoms with E-state index >= 15 is 0 Å². The summed E-state index contributed by atoms with van der Waals surface area (Å²) in [5, 5.41) is 2.17. The van der Waals surface area contributed by atoms with Gasteiger partial charge in [0.05, 0.1) is 13.2 Å². The zero-order valence-electron chi connectivity index (χ0n) is 11.4. The number of nitrogens with one attached hydrogen (secondary N) is 1. The van der Waals surface area contributed by atoms with Crippen LogP contribution in [0.1, 0.15) is 40.8 Å². The molecular formula is C14H18N4OS. The molecule has 0 spiro atoms. The van der Waals surface area contributed by atoms with Crippen molar-refractivity contribution in [1.82, 2.24) is 15.4 Å². The molecule has 0 bridgehead atoms. The Morgan fingerprint density at radius 3 is 2.95 bits per heavy atom. The number of ether oxygens (including phenoxy) is 1. The molecule has 0 fully saturated rings. The molecule has 0 amide bonds. The van der Waals surface area contributed by atoms with E-state index in [1.54, 1.807) is 19.5 Å². The highest BCUT2D eigenvalue weighted by atomic mass is 32.1. The molecule has 1 aliphatic carbocycles. The lowest BCUT2D eigenvalue weighted by Crippen LogP contribution is -2.34. The van der Waals surface area contributed by atoms with Crippen molar-refractivity contribution < 1.29 is 4.74 Å². The van der Waals surface area contributed by atoms with Crippen molar-refractivity contribution >= 4 is 11.3 Å². The number of aromatic nitrogens is 2. The van der Waals surface area contributed by atoms with Gasteiger partial charge in [0, 0.05) is 28.8 Å². The summed E-state index contributed by atoms with van der Waals surface area (Å²) in [7, 11) is 1.56. The topological polar surface area (TPSA) is 73.1 Å². The molecule has 2 aromatic rings. The van der Waals surface area contributed by atoms with Crippen molar-refractivity contribution in [2.75, 3.05) is 7.11 Å². The lowest BCUT2D eigenvalue weighted by molar-refractivity contribution is 0.374. The van der Waals surface area contributed by atoms with Gasteiger partial charge < -0.3 is 4.74 Å². The Kier molecular flexibility index (Phi) is 3.95. The molecule has 3 rings (SSSR count). The van der Waals surface area contributed by atoms with Gasteiger partial charge in [-0.1, -0.05) is 0 Å². The van der Waals surface area contributed by atoms with E-state index in [-0.39, 0.29) is 6.04 Å². The Hall–Kier alpha value is -1.50. The number of hydrogen-bond donors (Lipinski definition) is 2. The first kappa shape index (κ1) is 13.5. The van der Waals surface area contributed by atoms with Crippen LogP contribution in [0.2, 0.25) is 0 Å². The highest BCUT2D eigenvalue weighted by Crippen LogP contribution is 2.41. The molecule has 3 N–H and O–H groups in total. The van der Waals surface area contributed by atoms with Crippen LogP contribution in [0.4, 0.5) is 0 Å². The summed E-state index contributed by atoms with van der Waals surface area (Å²) in [6, 6.07) is 2.64. The number of hydrazine groups is 1. The maximum absolute atomic E-state index is 5.80.